The minimum atomic E-state index is -0.809. The molecule has 0 spiro atoms. The Balaban J connectivity index is 1.67. The van der Waals surface area contributed by atoms with Crippen LogP contribution in [0, 0.1) is 5.82 Å². The number of nitrogens with two attached hydrogens (primary N) is 1. The quantitative estimate of drug-likeness (QED) is 0.592. The Hall–Kier alpha value is -2.52. The van der Waals surface area contributed by atoms with Crippen LogP contribution in [0.5, 0.6) is 0 Å². The maximum atomic E-state index is 13.6. The van der Waals surface area contributed by atoms with Crippen LogP contribution < -0.4 is 16.4 Å². The number of hydrogen-bond donors (Lipinski definition) is 3. The highest BCUT2D eigenvalue weighted by molar-refractivity contribution is 7.15. The molecule has 0 saturated carbocycles. The second-order valence-corrected chi connectivity index (χ2v) is 8.70. The predicted octanol–water partition coefficient (Wildman–Crippen LogP) is 2.08. The normalized spacial score (nSPS) is 16.6. The Labute approximate surface area is 179 Å². The van der Waals surface area contributed by atoms with Gasteiger partial charge in [0.05, 0.1) is 12.6 Å². The third-order valence-electron chi connectivity index (χ3n) is 5.29. The second kappa shape index (κ2) is 10.5. The maximum absolute atomic E-state index is 13.6. The van der Waals surface area contributed by atoms with E-state index in [1.165, 1.54) is 29.9 Å². The van der Waals surface area contributed by atoms with Crippen molar-refractivity contribution in [1.29, 1.82) is 0 Å². The van der Waals surface area contributed by atoms with Gasteiger partial charge in [0.1, 0.15) is 11.9 Å². The molecule has 2 atom stereocenters. The molecule has 1 saturated heterocycles. The zero-order valence-corrected chi connectivity index (χ0v) is 17.9. The monoisotopic (exact) mass is 433 g/mol. The molecule has 2 aromatic rings. The van der Waals surface area contributed by atoms with Gasteiger partial charge >= 0.3 is 0 Å². The number of rotatable bonds is 8. The molecular formula is C21H28FN5O2S. The van der Waals surface area contributed by atoms with Crippen LogP contribution in [0.1, 0.15) is 36.6 Å². The average Bonchev–Trinajstić information content (AvgIpc) is 3.16. The van der Waals surface area contributed by atoms with E-state index in [1.807, 2.05) is 6.92 Å². The lowest BCUT2D eigenvalue weighted by Crippen LogP contribution is -2.54. The van der Waals surface area contributed by atoms with E-state index in [9.17, 15) is 14.0 Å². The molecule has 9 heteroatoms. The first-order valence-corrected chi connectivity index (χ1v) is 11.0. The van der Waals surface area contributed by atoms with Crippen molar-refractivity contribution in [2.75, 3.05) is 18.8 Å². The summed E-state index contributed by atoms with van der Waals surface area (Å²) in [6.45, 7) is 3.88. The van der Waals surface area contributed by atoms with Crippen molar-refractivity contribution in [1.82, 2.24) is 20.5 Å². The van der Waals surface area contributed by atoms with Gasteiger partial charge in [0, 0.05) is 17.5 Å². The fourth-order valence-electron chi connectivity index (χ4n) is 3.57. The largest absolute Gasteiger partial charge is 0.375 e. The summed E-state index contributed by atoms with van der Waals surface area (Å²) in [5.74, 6) is -0.902. The van der Waals surface area contributed by atoms with Gasteiger partial charge in [0.25, 0.3) is 0 Å². The van der Waals surface area contributed by atoms with Gasteiger partial charge in [-0.25, -0.2) is 9.37 Å². The number of halogens is 1. The number of thiazole rings is 1. The van der Waals surface area contributed by atoms with Crippen LogP contribution in [0.3, 0.4) is 0 Å². The molecule has 1 aromatic carbocycles. The van der Waals surface area contributed by atoms with Gasteiger partial charge in [-0.15, -0.1) is 11.3 Å². The summed E-state index contributed by atoms with van der Waals surface area (Å²) in [7, 11) is 0. The summed E-state index contributed by atoms with van der Waals surface area (Å²) < 4.78 is 13.6. The van der Waals surface area contributed by atoms with E-state index in [1.54, 1.807) is 18.3 Å². The topological polar surface area (TPSA) is 100 Å². The Morgan fingerprint density at radius 1 is 1.27 bits per heavy atom. The zero-order chi connectivity index (χ0) is 21.5. The summed E-state index contributed by atoms with van der Waals surface area (Å²) >= 11 is 1.29. The van der Waals surface area contributed by atoms with Gasteiger partial charge in [-0.3, -0.25) is 14.5 Å². The molecule has 0 unspecified atom stereocenters. The Bertz CT molecular complexity index is 869. The van der Waals surface area contributed by atoms with E-state index in [2.05, 4.69) is 20.5 Å². The Kier molecular flexibility index (Phi) is 7.75. The summed E-state index contributed by atoms with van der Waals surface area (Å²) in [6, 6.07) is 4.94. The fourth-order valence-corrected chi connectivity index (χ4v) is 4.20. The van der Waals surface area contributed by atoms with E-state index < -0.39 is 6.04 Å². The van der Waals surface area contributed by atoms with Crippen LogP contribution in [0.2, 0.25) is 0 Å². The number of benzene rings is 1. The molecule has 3 rings (SSSR count). The van der Waals surface area contributed by atoms with E-state index >= 15 is 0 Å². The van der Waals surface area contributed by atoms with Gasteiger partial charge < -0.3 is 16.4 Å². The molecule has 2 heterocycles. The van der Waals surface area contributed by atoms with Crippen LogP contribution >= 0.6 is 11.3 Å². The minimum absolute atomic E-state index is 0.199. The number of hydrogen-bond acceptors (Lipinski definition) is 6. The molecule has 162 valence electrons. The molecule has 30 heavy (non-hydrogen) atoms. The number of nitrogen functional groups attached to an aromatic ring is 1. The highest BCUT2D eigenvalue weighted by Crippen LogP contribution is 2.15. The number of anilines is 1. The first-order chi connectivity index (χ1) is 14.4. The van der Waals surface area contributed by atoms with Crippen molar-refractivity contribution in [3.8, 4) is 0 Å². The molecule has 4 N–H and O–H groups in total. The number of piperidine rings is 1. The molecule has 0 radical (unpaired) electrons. The Morgan fingerprint density at radius 2 is 2.03 bits per heavy atom. The third kappa shape index (κ3) is 6.24. The first-order valence-electron chi connectivity index (χ1n) is 10.2. The maximum Gasteiger partial charge on any atom is 0.243 e. The van der Waals surface area contributed by atoms with E-state index in [-0.39, 0.29) is 36.6 Å². The summed E-state index contributed by atoms with van der Waals surface area (Å²) in [5.41, 5.74) is 6.27. The lowest BCUT2D eigenvalue weighted by molar-refractivity contribution is -0.132. The van der Waals surface area contributed by atoms with Crippen LogP contribution in [-0.2, 0) is 22.6 Å². The Morgan fingerprint density at radius 3 is 2.70 bits per heavy atom. The van der Waals surface area contributed by atoms with Crippen molar-refractivity contribution in [3.05, 3.63) is 46.7 Å². The van der Waals surface area contributed by atoms with Gasteiger partial charge in [0.15, 0.2) is 5.13 Å². The highest BCUT2D eigenvalue weighted by Gasteiger charge is 2.27. The molecule has 1 fully saturated rings. The number of carbonyl (C=O) groups is 2. The van der Waals surface area contributed by atoms with E-state index in [4.69, 9.17) is 5.73 Å². The van der Waals surface area contributed by atoms with Crippen molar-refractivity contribution < 1.29 is 14.0 Å². The number of nitrogens with zero attached hydrogens (tertiary/aromatic N) is 2. The SMILES string of the molecule is C[C@H](C(=O)N[C@@H](Cc1cccc(F)c1)C(=O)NCc1cnc(N)s1)N1CCCCC1. The van der Waals surface area contributed by atoms with Crippen molar-refractivity contribution in [3.63, 3.8) is 0 Å². The molecule has 1 aliphatic heterocycles. The molecule has 1 aliphatic rings. The molecule has 0 bridgehead atoms. The number of aromatic nitrogens is 1. The molecule has 7 nitrogen and oxygen atoms in total. The van der Waals surface area contributed by atoms with Crippen molar-refractivity contribution in [2.24, 2.45) is 0 Å². The van der Waals surface area contributed by atoms with Crippen LogP contribution in [0.4, 0.5) is 9.52 Å². The summed E-state index contributed by atoms with van der Waals surface area (Å²) in [5, 5.41) is 6.13. The molecule has 1 aromatic heterocycles. The molecule has 0 aliphatic carbocycles. The van der Waals surface area contributed by atoms with Crippen LogP contribution in [0.15, 0.2) is 30.5 Å². The zero-order valence-electron chi connectivity index (χ0n) is 17.1. The summed E-state index contributed by atoms with van der Waals surface area (Å²) in [6.07, 6.45) is 5.13. The highest BCUT2D eigenvalue weighted by atomic mass is 32.1. The number of carbonyl (C=O) groups excluding carboxylic acids is 2. The van der Waals surface area contributed by atoms with Gasteiger partial charge in [-0.1, -0.05) is 18.6 Å². The van der Waals surface area contributed by atoms with E-state index in [0.717, 1.165) is 30.8 Å². The number of amides is 2. The molecular weight excluding hydrogens is 405 g/mol. The van der Waals surface area contributed by atoms with E-state index in [0.29, 0.717) is 10.7 Å². The second-order valence-electron chi connectivity index (χ2n) is 7.55. The van der Waals surface area contributed by atoms with Gasteiger partial charge in [-0.2, -0.15) is 0 Å². The van der Waals surface area contributed by atoms with Crippen LogP contribution in [0.25, 0.3) is 0 Å². The smallest absolute Gasteiger partial charge is 0.243 e. The summed E-state index contributed by atoms with van der Waals surface area (Å²) in [4.78, 5) is 32.6. The first kappa shape index (κ1) is 22.2. The minimum Gasteiger partial charge on any atom is -0.375 e. The standard InChI is InChI=1S/C21H28FN5O2S/c1-14(27-8-3-2-4-9-27)19(28)26-18(11-15-6-5-7-16(22)10-15)20(29)24-12-17-13-25-21(23)30-17/h5-7,10,13-14,18H,2-4,8-9,11-12H2,1H3,(H2,23,25)(H,24,29)(H,26,28)/t14-,18+/m1/s1. The van der Waals surface area contributed by atoms with Gasteiger partial charge in [0.2, 0.25) is 11.8 Å². The lowest BCUT2D eigenvalue weighted by atomic mass is 10.0. The predicted molar refractivity (Wildman–Crippen MR) is 115 cm³/mol. The van der Waals surface area contributed by atoms with Crippen molar-refractivity contribution in [2.45, 2.75) is 51.2 Å². The molecule has 2 amide bonds. The lowest BCUT2D eigenvalue weighted by Gasteiger charge is -2.32. The van der Waals surface area contributed by atoms with Crippen molar-refractivity contribution >= 4 is 28.3 Å². The third-order valence-corrected chi connectivity index (χ3v) is 6.11. The number of likely N-dealkylation sites (tertiary alicyclic amines) is 1. The van der Waals surface area contributed by atoms with Gasteiger partial charge in [-0.05, 0) is 50.6 Å². The number of nitrogens with one attached hydrogen (secondary N) is 2. The average molecular weight is 434 g/mol. The van der Waals surface area contributed by atoms with Crippen LogP contribution in [-0.4, -0.2) is 46.9 Å². The fraction of sp³-hybridized carbons (Fsp3) is 0.476.